The number of benzene rings is 1. The van der Waals surface area contributed by atoms with E-state index in [1.54, 1.807) is 13.8 Å². The Morgan fingerprint density at radius 3 is 2.68 bits per heavy atom. The lowest BCUT2D eigenvalue weighted by atomic mass is 10.1. The number of nitrogens with one attached hydrogen (secondary N) is 1. The Labute approximate surface area is 128 Å². The summed E-state index contributed by atoms with van der Waals surface area (Å²) in [5.74, 6) is -1.13. The van der Waals surface area contributed by atoms with Gasteiger partial charge in [0.15, 0.2) is 0 Å². The fourth-order valence-corrected chi connectivity index (χ4v) is 2.16. The van der Waals surface area contributed by atoms with Crippen molar-refractivity contribution in [2.45, 2.75) is 13.8 Å². The van der Waals surface area contributed by atoms with Crippen LogP contribution in [0.3, 0.4) is 0 Å². The zero-order chi connectivity index (χ0) is 16.1. The van der Waals surface area contributed by atoms with Gasteiger partial charge < -0.3 is 19.7 Å². The normalized spacial score (nSPS) is 14.6. The Balaban J connectivity index is 2.17. The molecule has 6 nitrogen and oxygen atoms in total. The molecule has 0 atom stereocenters. The van der Waals surface area contributed by atoms with Crippen LogP contribution in [-0.2, 0) is 9.47 Å². The SMILES string of the molecule is CCOC(=O)c1cc(NC(=O)N2CCOCC2)c(F)cc1C. The standard InChI is InChI=1S/C15H19FN2O4/c1-3-22-14(19)11-9-13(12(16)8-10(11)2)17-15(20)18-4-6-21-7-5-18/h8-9H,3-7H2,1-2H3,(H,17,20). The largest absolute Gasteiger partial charge is 0.462 e. The van der Waals surface area contributed by atoms with E-state index >= 15 is 0 Å². The highest BCUT2D eigenvalue weighted by Crippen LogP contribution is 2.21. The van der Waals surface area contributed by atoms with Crippen LogP contribution < -0.4 is 5.32 Å². The third-order valence-corrected chi connectivity index (χ3v) is 3.35. The van der Waals surface area contributed by atoms with Crippen molar-refractivity contribution in [1.29, 1.82) is 0 Å². The van der Waals surface area contributed by atoms with Crippen LogP contribution in [0, 0.1) is 12.7 Å². The summed E-state index contributed by atoms with van der Waals surface area (Å²) in [6, 6.07) is 2.10. The second-order valence-electron chi connectivity index (χ2n) is 4.90. The van der Waals surface area contributed by atoms with E-state index in [-0.39, 0.29) is 17.9 Å². The van der Waals surface area contributed by atoms with Gasteiger partial charge in [0, 0.05) is 13.1 Å². The second kappa shape index (κ2) is 7.22. The summed E-state index contributed by atoms with van der Waals surface area (Å²) < 4.78 is 24.1. The Hall–Kier alpha value is -2.15. The molecular weight excluding hydrogens is 291 g/mol. The lowest BCUT2D eigenvalue weighted by Crippen LogP contribution is -2.43. The van der Waals surface area contributed by atoms with Gasteiger partial charge in [-0.25, -0.2) is 14.0 Å². The van der Waals surface area contributed by atoms with Crippen molar-refractivity contribution >= 4 is 17.7 Å². The molecule has 0 unspecified atom stereocenters. The Kier molecular flexibility index (Phi) is 5.32. The molecular formula is C15H19FN2O4. The fourth-order valence-electron chi connectivity index (χ4n) is 2.16. The van der Waals surface area contributed by atoms with E-state index in [1.807, 2.05) is 0 Å². The molecule has 1 fully saturated rings. The fraction of sp³-hybridized carbons (Fsp3) is 0.467. The Morgan fingerprint density at radius 2 is 2.05 bits per heavy atom. The van der Waals surface area contributed by atoms with Crippen LogP contribution in [0.1, 0.15) is 22.8 Å². The average molecular weight is 310 g/mol. The Morgan fingerprint density at radius 1 is 1.36 bits per heavy atom. The summed E-state index contributed by atoms with van der Waals surface area (Å²) in [7, 11) is 0. The van der Waals surface area contributed by atoms with Gasteiger partial charge in [0.1, 0.15) is 5.82 Å². The minimum atomic E-state index is -0.591. The van der Waals surface area contributed by atoms with Crippen LogP contribution in [-0.4, -0.2) is 49.8 Å². The number of amides is 2. The van der Waals surface area contributed by atoms with Gasteiger partial charge in [-0.2, -0.15) is 0 Å². The van der Waals surface area contributed by atoms with Crippen molar-refractivity contribution < 1.29 is 23.5 Å². The third-order valence-electron chi connectivity index (χ3n) is 3.35. The summed E-state index contributed by atoms with van der Waals surface area (Å²) in [6.45, 7) is 5.34. The number of ether oxygens (including phenoxy) is 2. The molecule has 1 aromatic carbocycles. The maximum atomic E-state index is 14.0. The van der Waals surface area contributed by atoms with Crippen LogP contribution in [0.5, 0.6) is 0 Å². The summed E-state index contributed by atoms with van der Waals surface area (Å²) in [5.41, 5.74) is 0.658. The molecule has 0 bridgehead atoms. The number of hydrogen-bond donors (Lipinski definition) is 1. The summed E-state index contributed by atoms with van der Waals surface area (Å²) >= 11 is 0. The molecule has 1 aromatic rings. The highest BCUT2D eigenvalue weighted by molar-refractivity contribution is 5.95. The summed E-state index contributed by atoms with van der Waals surface area (Å²) in [4.78, 5) is 25.5. The molecule has 1 heterocycles. The number of carbonyl (C=O) groups is 2. The molecule has 7 heteroatoms. The molecule has 1 N–H and O–H groups in total. The van der Waals surface area contributed by atoms with Crippen LogP contribution in [0.25, 0.3) is 0 Å². The number of anilines is 1. The Bertz CT molecular complexity index is 571. The van der Waals surface area contributed by atoms with E-state index in [0.29, 0.717) is 31.9 Å². The number of rotatable bonds is 3. The van der Waals surface area contributed by atoms with Crippen LogP contribution in [0.15, 0.2) is 12.1 Å². The lowest BCUT2D eigenvalue weighted by Gasteiger charge is -2.27. The number of aryl methyl sites for hydroxylation is 1. The second-order valence-corrected chi connectivity index (χ2v) is 4.90. The molecule has 0 aliphatic carbocycles. The van der Waals surface area contributed by atoms with Crippen molar-refractivity contribution in [3.05, 3.63) is 29.1 Å². The van der Waals surface area contributed by atoms with Gasteiger partial charge in [0.25, 0.3) is 0 Å². The van der Waals surface area contributed by atoms with Gasteiger partial charge in [-0.3, -0.25) is 0 Å². The first-order valence-electron chi connectivity index (χ1n) is 7.14. The number of nitrogens with zero attached hydrogens (tertiary/aromatic N) is 1. The van der Waals surface area contributed by atoms with Gasteiger partial charge in [-0.05, 0) is 31.5 Å². The van der Waals surface area contributed by atoms with Crippen LogP contribution in [0.2, 0.25) is 0 Å². The topological polar surface area (TPSA) is 67.9 Å². The minimum absolute atomic E-state index is 0.0369. The molecule has 2 rings (SSSR count). The molecule has 1 aliphatic rings. The maximum absolute atomic E-state index is 14.0. The van der Waals surface area contributed by atoms with E-state index in [0.717, 1.165) is 0 Å². The summed E-state index contributed by atoms with van der Waals surface area (Å²) in [5, 5.41) is 2.49. The van der Waals surface area contributed by atoms with Crippen molar-refractivity contribution in [1.82, 2.24) is 4.90 Å². The third kappa shape index (κ3) is 3.73. The van der Waals surface area contributed by atoms with Gasteiger partial charge >= 0.3 is 12.0 Å². The highest BCUT2D eigenvalue weighted by atomic mass is 19.1. The zero-order valence-corrected chi connectivity index (χ0v) is 12.6. The number of halogens is 1. The molecule has 2 amide bonds. The van der Waals surface area contributed by atoms with E-state index in [4.69, 9.17) is 9.47 Å². The quantitative estimate of drug-likeness (QED) is 0.869. The first kappa shape index (κ1) is 16.2. The summed E-state index contributed by atoms with van der Waals surface area (Å²) in [6.07, 6.45) is 0. The van der Waals surface area contributed by atoms with Gasteiger partial charge in [-0.15, -0.1) is 0 Å². The van der Waals surface area contributed by atoms with E-state index < -0.39 is 17.8 Å². The van der Waals surface area contributed by atoms with Crippen molar-refractivity contribution in [2.24, 2.45) is 0 Å². The zero-order valence-electron chi connectivity index (χ0n) is 12.6. The van der Waals surface area contributed by atoms with E-state index in [2.05, 4.69) is 5.32 Å². The van der Waals surface area contributed by atoms with Crippen molar-refractivity contribution in [2.75, 3.05) is 38.2 Å². The minimum Gasteiger partial charge on any atom is -0.462 e. The predicted molar refractivity (Wildman–Crippen MR) is 78.5 cm³/mol. The molecule has 1 saturated heterocycles. The predicted octanol–water partition coefficient (Wildman–Crippen LogP) is 2.17. The van der Waals surface area contributed by atoms with Crippen molar-refractivity contribution in [3.63, 3.8) is 0 Å². The molecule has 0 aromatic heterocycles. The molecule has 22 heavy (non-hydrogen) atoms. The van der Waals surface area contributed by atoms with Gasteiger partial charge in [-0.1, -0.05) is 0 Å². The van der Waals surface area contributed by atoms with Gasteiger partial charge in [0.05, 0.1) is 31.1 Å². The first-order valence-corrected chi connectivity index (χ1v) is 7.14. The molecule has 0 radical (unpaired) electrons. The van der Waals surface area contributed by atoms with Gasteiger partial charge in [0.2, 0.25) is 0 Å². The van der Waals surface area contributed by atoms with E-state index in [9.17, 15) is 14.0 Å². The number of urea groups is 1. The van der Waals surface area contributed by atoms with Crippen LogP contribution in [0.4, 0.5) is 14.9 Å². The van der Waals surface area contributed by atoms with Crippen LogP contribution >= 0.6 is 0 Å². The molecule has 0 saturated carbocycles. The molecule has 0 spiro atoms. The average Bonchev–Trinajstić information content (AvgIpc) is 2.51. The number of morpholine rings is 1. The number of carbonyl (C=O) groups excluding carboxylic acids is 2. The monoisotopic (exact) mass is 310 g/mol. The first-order chi connectivity index (χ1) is 10.5. The molecule has 1 aliphatic heterocycles. The lowest BCUT2D eigenvalue weighted by molar-refractivity contribution is 0.0525. The maximum Gasteiger partial charge on any atom is 0.338 e. The number of esters is 1. The van der Waals surface area contributed by atoms with Crippen molar-refractivity contribution in [3.8, 4) is 0 Å². The smallest absolute Gasteiger partial charge is 0.338 e. The van der Waals surface area contributed by atoms with E-state index in [1.165, 1.54) is 17.0 Å². The molecule has 120 valence electrons. The number of hydrogen-bond acceptors (Lipinski definition) is 4. The highest BCUT2D eigenvalue weighted by Gasteiger charge is 2.20.